The average molecular weight is 311 g/mol. The Balaban J connectivity index is -0.000000512. The van der Waals surface area contributed by atoms with Crippen LogP contribution in [0.3, 0.4) is 0 Å². The second kappa shape index (κ2) is 9.35. The first kappa shape index (κ1) is 22.6. The minimum Gasteiger partial charge on any atom is -0.665 e. The maximum absolute atomic E-state index is 4.35. The van der Waals surface area contributed by atoms with Crippen LogP contribution in [0, 0.1) is 0 Å². The molecule has 0 atom stereocenters. The SMILES string of the molecule is C1=C[N-]c2c3c(ccc2=C1)=CC=C[N-]3.[Mn+2].[OH3+].[OH3+].[OH3+].[OH3+]. The van der Waals surface area contributed by atoms with Crippen LogP contribution in [0.5, 0.6) is 0 Å². The van der Waals surface area contributed by atoms with Crippen molar-refractivity contribution in [3.63, 3.8) is 0 Å². The molecule has 0 aromatic heterocycles. The van der Waals surface area contributed by atoms with Crippen molar-refractivity contribution in [3.05, 3.63) is 57.8 Å². The first-order valence-electron chi connectivity index (χ1n) is 4.53. The Kier molecular flexibility index (Phi) is 11.1. The van der Waals surface area contributed by atoms with E-state index in [2.05, 4.69) is 34.9 Å². The number of hydrogen-bond donors (Lipinski definition) is 0. The molecular weight excluding hydrogens is 291 g/mol. The fraction of sp³-hybridized carbons (Fsp3) is 0. The molecule has 0 bridgehead atoms. The molecule has 3 rings (SSSR count). The molecule has 1 aromatic carbocycles. The van der Waals surface area contributed by atoms with Crippen LogP contribution < -0.4 is 10.4 Å². The molecule has 0 saturated carbocycles. The zero-order valence-corrected chi connectivity index (χ0v) is 11.4. The molecule has 6 nitrogen and oxygen atoms in total. The molecule has 19 heavy (non-hydrogen) atoms. The van der Waals surface area contributed by atoms with E-state index in [1.54, 1.807) is 12.4 Å². The number of nitrogens with zero attached hydrogens (tertiary/aromatic N) is 2. The van der Waals surface area contributed by atoms with E-state index in [4.69, 9.17) is 0 Å². The molecule has 12 N–H and O–H groups in total. The van der Waals surface area contributed by atoms with Gasteiger partial charge >= 0.3 is 17.1 Å². The van der Waals surface area contributed by atoms with Gasteiger partial charge in [0.1, 0.15) is 0 Å². The van der Waals surface area contributed by atoms with Crippen LogP contribution in [0.2, 0.25) is 0 Å². The third-order valence-corrected chi connectivity index (χ3v) is 2.34. The van der Waals surface area contributed by atoms with Gasteiger partial charge in [0.15, 0.2) is 0 Å². The Morgan fingerprint density at radius 1 is 0.632 bits per heavy atom. The monoisotopic (exact) mass is 311 g/mol. The number of allylic oxidation sites excluding steroid dienone is 2. The molecule has 2 aliphatic heterocycles. The fourth-order valence-corrected chi connectivity index (χ4v) is 1.68. The van der Waals surface area contributed by atoms with Crippen LogP contribution in [-0.2, 0) is 39.0 Å². The number of fused-ring (bicyclic) bond motifs is 3. The van der Waals surface area contributed by atoms with E-state index in [0.29, 0.717) is 0 Å². The molecular formula is C12H20MnN2O4+4. The van der Waals surface area contributed by atoms with E-state index >= 15 is 0 Å². The van der Waals surface area contributed by atoms with Gasteiger partial charge in [-0.2, -0.15) is 12.4 Å². The molecule has 0 unspecified atom stereocenters. The minimum absolute atomic E-state index is 0. The third-order valence-electron chi connectivity index (χ3n) is 2.34. The summed E-state index contributed by atoms with van der Waals surface area (Å²) in [5, 5.41) is 11.0. The second-order valence-electron chi connectivity index (χ2n) is 3.22. The third kappa shape index (κ3) is 3.93. The summed E-state index contributed by atoms with van der Waals surface area (Å²) in [5.41, 5.74) is 1.95. The number of benzene rings is 1. The smallest absolute Gasteiger partial charge is 0.665 e. The van der Waals surface area contributed by atoms with Gasteiger partial charge in [-0.05, 0) is 10.4 Å². The van der Waals surface area contributed by atoms with Gasteiger partial charge in [-0.15, -0.1) is 11.4 Å². The zero-order chi connectivity index (χ0) is 9.38. The van der Waals surface area contributed by atoms with E-state index in [9.17, 15) is 0 Å². The topological polar surface area (TPSA) is 160 Å². The summed E-state index contributed by atoms with van der Waals surface area (Å²) < 4.78 is 0. The Hall–Kier alpha value is -1.60. The van der Waals surface area contributed by atoms with Gasteiger partial charge in [0, 0.05) is 0 Å². The standard InChI is InChI=1S/C12H8N2.Mn.4H2O/c1-3-9-5-6-10-4-2-8-14-12(10)11(9)13-7-1;;;;;/h1-8H;;4*1H2/q-2;+2;;;;/p+4. The van der Waals surface area contributed by atoms with Gasteiger partial charge in [-0.1, -0.05) is 36.4 Å². The van der Waals surface area contributed by atoms with Gasteiger partial charge in [-0.3, -0.25) is 0 Å². The van der Waals surface area contributed by atoms with Crippen molar-refractivity contribution >= 4 is 23.5 Å². The van der Waals surface area contributed by atoms with Crippen LogP contribution in [0.25, 0.3) is 22.8 Å². The summed E-state index contributed by atoms with van der Waals surface area (Å²) in [6.07, 6.45) is 11.6. The zero-order valence-electron chi connectivity index (χ0n) is 10.2. The summed E-state index contributed by atoms with van der Waals surface area (Å²) in [4.78, 5) is 0. The van der Waals surface area contributed by atoms with Crippen LogP contribution in [0.15, 0.2) is 36.7 Å². The first-order chi connectivity index (χ1) is 6.95. The van der Waals surface area contributed by atoms with Crippen molar-refractivity contribution < 1.29 is 39.0 Å². The van der Waals surface area contributed by atoms with Crippen LogP contribution >= 0.6 is 0 Å². The van der Waals surface area contributed by atoms with E-state index in [0.717, 1.165) is 21.8 Å². The van der Waals surface area contributed by atoms with E-state index in [1.165, 1.54) is 0 Å². The number of rotatable bonds is 0. The van der Waals surface area contributed by atoms with Gasteiger partial charge in [0.2, 0.25) is 0 Å². The summed E-state index contributed by atoms with van der Waals surface area (Å²) in [6.45, 7) is 0. The fourth-order valence-electron chi connectivity index (χ4n) is 1.68. The first-order valence-corrected chi connectivity index (χ1v) is 4.53. The van der Waals surface area contributed by atoms with Crippen molar-refractivity contribution in [2.75, 3.05) is 0 Å². The average Bonchev–Trinajstić information content (AvgIpc) is 2.29. The van der Waals surface area contributed by atoms with Crippen molar-refractivity contribution in [2.24, 2.45) is 0 Å². The van der Waals surface area contributed by atoms with Gasteiger partial charge in [0.25, 0.3) is 0 Å². The van der Waals surface area contributed by atoms with Gasteiger partial charge in [-0.25, -0.2) is 0 Å². The van der Waals surface area contributed by atoms with Crippen LogP contribution in [-0.4, -0.2) is 0 Å². The number of hydrogen-bond acceptors (Lipinski definition) is 0. The summed E-state index contributed by atoms with van der Waals surface area (Å²) in [5.74, 6) is 0. The predicted molar refractivity (Wildman–Crippen MR) is 78.4 cm³/mol. The van der Waals surface area contributed by atoms with E-state index in [1.807, 2.05) is 12.2 Å². The second-order valence-corrected chi connectivity index (χ2v) is 3.22. The molecule has 0 saturated heterocycles. The van der Waals surface area contributed by atoms with E-state index in [-0.39, 0.29) is 39.0 Å². The normalized spacial score (nSPS) is 11.4. The molecule has 0 aliphatic carbocycles. The molecule has 105 valence electrons. The van der Waals surface area contributed by atoms with Gasteiger partial charge < -0.3 is 32.5 Å². The molecule has 1 radical (unpaired) electrons. The van der Waals surface area contributed by atoms with Crippen LogP contribution in [0.4, 0.5) is 11.4 Å². The van der Waals surface area contributed by atoms with Gasteiger partial charge in [0.05, 0.1) is 0 Å². The maximum atomic E-state index is 4.35. The largest absolute Gasteiger partial charge is 2.00 e. The predicted octanol–water partition coefficient (Wildman–Crippen LogP) is -1.38. The summed E-state index contributed by atoms with van der Waals surface area (Å²) in [6, 6.07) is 4.15. The summed E-state index contributed by atoms with van der Waals surface area (Å²) >= 11 is 0. The van der Waals surface area contributed by atoms with Crippen molar-refractivity contribution in [1.82, 2.24) is 0 Å². The molecule has 0 fully saturated rings. The minimum atomic E-state index is 0. The molecule has 0 amide bonds. The molecule has 0 spiro atoms. The molecule has 2 aliphatic rings. The maximum Gasteiger partial charge on any atom is 2.00 e. The van der Waals surface area contributed by atoms with Crippen molar-refractivity contribution in [3.8, 4) is 0 Å². The molecule has 1 aromatic rings. The quantitative estimate of drug-likeness (QED) is 0.408. The Morgan fingerprint density at radius 3 is 1.37 bits per heavy atom. The van der Waals surface area contributed by atoms with Crippen molar-refractivity contribution in [2.45, 2.75) is 0 Å². The molecule has 7 heteroatoms. The van der Waals surface area contributed by atoms with Crippen LogP contribution in [0.1, 0.15) is 0 Å². The Bertz CT molecular complexity index is 519. The van der Waals surface area contributed by atoms with E-state index < -0.39 is 0 Å². The van der Waals surface area contributed by atoms with Crippen molar-refractivity contribution in [1.29, 1.82) is 0 Å². The molecule has 2 heterocycles. The summed E-state index contributed by atoms with van der Waals surface area (Å²) in [7, 11) is 0. The Labute approximate surface area is 120 Å². The Morgan fingerprint density at radius 2 is 1.00 bits per heavy atom.